The van der Waals surface area contributed by atoms with Gasteiger partial charge in [-0.05, 0) is 72.8 Å². The number of aromatic amines is 1. The first kappa shape index (κ1) is 23.8. The van der Waals surface area contributed by atoms with E-state index in [-0.39, 0.29) is 29.6 Å². The lowest BCUT2D eigenvalue weighted by molar-refractivity contribution is -0.140. The number of amides is 1. The van der Waals surface area contributed by atoms with Gasteiger partial charge in [0.25, 0.3) is 11.5 Å². The van der Waals surface area contributed by atoms with Crippen molar-refractivity contribution in [2.45, 2.75) is 31.6 Å². The molecule has 0 radical (unpaired) electrons. The first-order chi connectivity index (χ1) is 17.3. The van der Waals surface area contributed by atoms with E-state index in [4.69, 9.17) is 0 Å². The maximum atomic E-state index is 13.2. The lowest BCUT2D eigenvalue weighted by Gasteiger charge is -2.23. The molecule has 4 aromatic rings. The lowest BCUT2D eigenvalue weighted by Crippen LogP contribution is -2.42. The summed E-state index contributed by atoms with van der Waals surface area (Å²) in [6.07, 6.45) is -0.0159. The summed E-state index contributed by atoms with van der Waals surface area (Å²) in [4.78, 5) is 25.8. The number of nitrogens with zero attached hydrogens (tertiary/aromatic N) is 2. The van der Waals surface area contributed by atoms with Crippen LogP contribution in [0.4, 0.5) is 13.2 Å². The summed E-state index contributed by atoms with van der Waals surface area (Å²) in [5.74, 6) is -0.139. The van der Waals surface area contributed by atoms with Crippen LogP contribution >= 0.6 is 0 Å². The number of alkyl halides is 3. The van der Waals surface area contributed by atoms with Gasteiger partial charge in [0.1, 0.15) is 0 Å². The van der Waals surface area contributed by atoms with Gasteiger partial charge in [0, 0.05) is 34.9 Å². The van der Waals surface area contributed by atoms with E-state index in [0.29, 0.717) is 21.9 Å². The number of hydrogen-bond acceptors (Lipinski definition) is 4. The van der Waals surface area contributed by atoms with Crippen LogP contribution in [0.3, 0.4) is 0 Å². The Hall–Kier alpha value is -3.92. The van der Waals surface area contributed by atoms with Crippen molar-refractivity contribution in [3.63, 3.8) is 0 Å². The molecule has 1 aliphatic rings. The average molecular weight is 496 g/mol. The van der Waals surface area contributed by atoms with Gasteiger partial charge in [-0.3, -0.25) is 14.7 Å². The maximum absolute atomic E-state index is 13.2. The molecule has 0 spiro atoms. The summed E-state index contributed by atoms with van der Waals surface area (Å²) in [5.41, 5.74) is 0.289. The molecule has 0 aliphatic carbocycles. The van der Waals surface area contributed by atoms with Crippen LogP contribution in [-0.4, -0.2) is 39.8 Å². The molecule has 3 N–H and O–H groups in total. The highest BCUT2D eigenvalue weighted by Crippen LogP contribution is 2.36. The molecule has 1 fully saturated rings. The van der Waals surface area contributed by atoms with Gasteiger partial charge in [-0.1, -0.05) is 18.2 Å². The minimum absolute atomic E-state index is 0.0758. The van der Waals surface area contributed by atoms with Gasteiger partial charge < -0.3 is 15.2 Å². The van der Waals surface area contributed by atoms with Crippen molar-refractivity contribution in [2.75, 3.05) is 13.1 Å². The molecule has 0 atom stereocenters. The second-order valence-corrected chi connectivity index (χ2v) is 8.89. The number of fused-ring (bicyclic) bond motifs is 1. The number of H-pyrrole nitrogens is 1. The molecule has 2 aromatic heterocycles. The Morgan fingerprint density at radius 2 is 1.92 bits per heavy atom. The minimum atomic E-state index is -4.59. The Balaban J connectivity index is 1.38. The van der Waals surface area contributed by atoms with E-state index in [2.05, 4.69) is 20.8 Å². The zero-order chi connectivity index (χ0) is 25.3. The van der Waals surface area contributed by atoms with E-state index in [9.17, 15) is 22.8 Å². The zero-order valence-electron chi connectivity index (χ0n) is 19.2. The smallest absolute Gasteiger partial charge is 0.349 e. The zero-order valence-corrected chi connectivity index (χ0v) is 19.2. The van der Waals surface area contributed by atoms with Gasteiger partial charge in [0.2, 0.25) is 0 Å². The quantitative estimate of drug-likeness (QED) is 0.391. The molecule has 2 aromatic carbocycles. The van der Waals surface area contributed by atoms with Gasteiger partial charge in [-0.2, -0.15) is 18.3 Å². The van der Waals surface area contributed by atoms with Crippen molar-refractivity contribution in [1.82, 2.24) is 25.4 Å². The monoisotopic (exact) mass is 495 g/mol. The van der Waals surface area contributed by atoms with Crippen molar-refractivity contribution in [1.29, 1.82) is 0 Å². The SMILES string of the molecule is O=C(NC1CCNCC1)c1cccc(Cn2ccc3cc(-c4c[nH]nc4C(F)(F)F)ccc3c2=O)c1. The van der Waals surface area contributed by atoms with Crippen LogP contribution in [0.1, 0.15) is 34.5 Å². The van der Waals surface area contributed by atoms with E-state index < -0.39 is 11.9 Å². The molecule has 36 heavy (non-hydrogen) atoms. The van der Waals surface area contributed by atoms with Crippen molar-refractivity contribution in [2.24, 2.45) is 0 Å². The third-order valence-electron chi connectivity index (χ3n) is 6.41. The van der Waals surface area contributed by atoms with Crippen molar-refractivity contribution < 1.29 is 18.0 Å². The normalized spacial score (nSPS) is 14.8. The van der Waals surface area contributed by atoms with Crippen LogP contribution in [0, 0.1) is 0 Å². The number of nitrogens with one attached hydrogen (secondary N) is 3. The Labute approximate surface area is 204 Å². The van der Waals surface area contributed by atoms with Crippen molar-refractivity contribution in [3.8, 4) is 11.1 Å². The van der Waals surface area contributed by atoms with Gasteiger partial charge in [-0.15, -0.1) is 0 Å². The number of carbonyl (C=O) groups excluding carboxylic acids is 1. The molecule has 5 rings (SSSR count). The number of carbonyl (C=O) groups is 1. The van der Waals surface area contributed by atoms with Crippen LogP contribution in [0.5, 0.6) is 0 Å². The van der Waals surface area contributed by atoms with E-state index in [1.54, 1.807) is 36.5 Å². The second-order valence-electron chi connectivity index (χ2n) is 8.89. The molecule has 0 unspecified atom stereocenters. The van der Waals surface area contributed by atoms with Crippen LogP contribution in [-0.2, 0) is 12.7 Å². The fourth-order valence-corrected chi connectivity index (χ4v) is 4.55. The summed E-state index contributed by atoms with van der Waals surface area (Å²) in [6.45, 7) is 2.01. The summed E-state index contributed by atoms with van der Waals surface area (Å²) < 4.78 is 41.2. The Kier molecular flexibility index (Phi) is 6.36. The van der Waals surface area contributed by atoms with Gasteiger partial charge in [-0.25, -0.2) is 0 Å². The summed E-state index contributed by atoms with van der Waals surface area (Å²) >= 11 is 0. The van der Waals surface area contributed by atoms with E-state index in [1.165, 1.54) is 22.9 Å². The Morgan fingerprint density at radius 1 is 1.11 bits per heavy atom. The highest BCUT2D eigenvalue weighted by Gasteiger charge is 2.36. The number of hydrogen-bond donors (Lipinski definition) is 3. The first-order valence-corrected chi connectivity index (χ1v) is 11.6. The maximum Gasteiger partial charge on any atom is 0.435 e. The number of pyridine rings is 1. The van der Waals surface area contributed by atoms with Crippen molar-refractivity contribution >= 4 is 16.7 Å². The van der Waals surface area contributed by atoms with E-state index >= 15 is 0 Å². The Morgan fingerprint density at radius 3 is 2.69 bits per heavy atom. The van der Waals surface area contributed by atoms with Crippen LogP contribution in [0.25, 0.3) is 21.9 Å². The summed E-state index contributed by atoms with van der Waals surface area (Å²) in [5, 5.41) is 12.8. The van der Waals surface area contributed by atoms with Gasteiger partial charge in [0.15, 0.2) is 5.69 Å². The molecule has 7 nitrogen and oxygen atoms in total. The molecule has 0 saturated carbocycles. The molecule has 186 valence electrons. The minimum Gasteiger partial charge on any atom is -0.349 e. The van der Waals surface area contributed by atoms with Crippen LogP contribution < -0.4 is 16.2 Å². The third kappa shape index (κ3) is 4.90. The number of piperidine rings is 1. The van der Waals surface area contributed by atoms with Gasteiger partial charge in [0.05, 0.1) is 6.54 Å². The number of aromatic nitrogens is 3. The number of benzene rings is 2. The number of halogens is 3. The van der Waals surface area contributed by atoms with Crippen LogP contribution in [0.15, 0.2) is 65.7 Å². The third-order valence-corrected chi connectivity index (χ3v) is 6.41. The molecule has 10 heteroatoms. The molecule has 1 aliphatic heterocycles. The largest absolute Gasteiger partial charge is 0.435 e. The lowest BCUT2D eigenvalue weighted by atomic mass is 10.0. The molecular formula is C26H24F3N5O2. The standard InChI is InChI=1S/C26H24F3N5O2/c27-26(28,29)23-22(14-31-33-23)17-4-5-21-18(13-17)8-11-34(25(21)36)15-16-2-1-3-19(12-16)24(35)32-20-6-9-30-10-7-20/h1-5,8,11-14,20,30H,6-7,9-10,15H2,(H,31,33)(H,32,35). The highest BCUT2D eigenvalue weighted by atomic mass is 19.4. The molecule has 3 heterocycles. The van der Waals surface area contributed by atoms with E-state index in [0.717, 1.165) is 31.5 Å². The van der Waals surface area contributed by atoms with Crippen molar-refractivity contribution in [3.05, 3.63) is 88.1 Å². The van der Waals surface area contributed by atoms with Crippen LogP contribution in [0.2, 0.25) is 0 Å². The summed E-state index contributed by atoms with van der Waals surface area (Å²) in [6, 6.07) is 13.5. The van der Waals surface area contributed by atoms with E-state index in [1.807, 2.05) is 6.07 Å². The predicted octanol–water partition coefficient (Wildman–Crippen LogP) is 3.94. The topological polar surface area (TPSA) is 91.8 Å². The first-order valence-electron chi connectivity index (χ1n) is 11.6. The molecule has 1 amide bonds. The molecule has 1 saturated heterocycles. The predicted molar refractivity (Wildman–Crippen MR) is 130 cm³/mol. The second kappa shape index (κ2) is 9.62. The number of rotatable bonds is 5. The molecule has 0 bridgehead atoms. The fourth-order valence-electron chi connectivity index (χ4n) is 4.55. The fraction of sp³-hybridized carbons (Fsp3) is 0.269. The average Bonchev–Trinajstić information content (AvgIpc) is 3.37. The Bertz CT molecular complexity index is 1470. The highest BCUT2D eigenvalue weighted by molar-refractivity contribution is 5.94. The molecular weight excluding hydrogens is 471 g/mol. The van der Waals surface area contributed by atoms with Gasteiger partial charge >= 0.3 is 6.18 Å². The summed E-state index contributed by atoms with van der Waals surface area (Å²) in [7, 11) is 0.